The second kappa shape index (κ2) is 11.9. The molecular weight excluding hydrogens is 701 g/mol. The molecule has 1 aliphatic rings. The zero-order chi connectivity index (χ0) is 37.9. The summed E-state index contributed by atoms with van der Waals surface area (Å²) in [7, 11) is 0. The molecule has 0 saturated heterocycles. The zero-order valence-corrected chi connectivity index (χ0v) is 31.5. The second-order valence-electron chi connectivity index (χ2n) is 15.7. The number of nitrogens with zero attached hydrogens (tertiary/aromatic N) is 2. The molecule has 0 aliphatic carbocycles. The third-order valence-corrected chi connectivity index (χ3v) is 12.6. The molecule has 0 amide bonds. The van der Waals surface area contributed by atoms with Crippen molar-refractivity contribution in [1.82, 2.24) is 9.13 Å². The summed E-state index contributed by atoms with van der Waals surface area (Å²) in [6, 6.07) is 76.5. The fourth-order valence-corrected chi connectivity index (χ4v) is 9.98. The van der Waals surface area contributed by atoms with Crippen molar-refractivity contribution in [3.8, 4) is 55.9 Å². The minimum atomic E-state index is 1.18. The Morgan fingerprint density at radius 3 is 1.45 bits per heavy atom. The van der Waals surface area contributed by atoms with Crippen LogP contribution in [0, 0.1) is 0 Å². The van der Waals surface area contributed by atoms with Crippen LogP contribution in [-0.4, -0.2) is 9.13 Å². The Balaban J connectivity index is 1.09. The molecule has 10 aromatic carbocycles. The van der Waals surface area contributed by atoms with Crippen LogP contribution >= 0.6 is 0 Å². The van der Waals surface area contributed by atoms with Crippen molar-refractivity contribution in [1.29, 1.82) is 0 Å². The quantitative estimate of drug-likeness (QED) is 0.171. The summed E-state index contributed by atoms with van der Waals surface area (Å²) in [5.41, 5.74) is 17.2. The molecule has 0 bridgehead atoms. The van der Waals surface area contributed by atoms with Crippen LogP contribution in [0.2, 0.25) is 0 Å². The third-order valence-electron chi connectivity index (χ3n) is 12.6. The van der Waals surface area contributed by atoms with E-state index < -0.39 is 0 Å². The van der Waals surface area contributed by atoms with E-state index in [1.807, 2.05) is 0 Å². The highest BCUT2D eigenvalue weighted by molar-refractivity contribution is 6.19. The lowest BCUT2D eigenvalue weighted by Crippen LogP contribution is -1.98. The Labute approximate surface area is 335 Å². The van der Waals surface area contributed by atoms with Gasteiger partial charge in [-0.15, -0.1) is 0 Å². The first-order valence-corrected chi connectivity index (χ1v) is 20.1. The molecule has 3 heterocycles. The van der Waals surface area contributed by atoms with Gasteiger partial charge in [-0.25, -0.2) is 0 Å². The zero-order valence-electron chi connectivity index (χ0n) is 31.5. The van der Waals surface area contributed by atoms with Gasteiger partial charge in [-0.1, -0.05) is 146 Å². The van der Waals surface area contributed by atoms with Crippen molar-refractivity contribution >= 4 is 65.2 Å². The first-order valence-electron chi connectivity index (χ1n) is 20.1. The van der Waals surface area contributed by atoms with Gasteiger partial charge in [-0.3, -0.25) is 0 Å². The molecule has 0 radical (unpaired) electrons. The molecule has 1 aliphatic heterocycles. The molecule has 0 N–H and O–H groups in total. The van der Waals surface area contributed by atoms with Crippen LogP contribution in [0.3, 0.4) is 0 Å². The SMILES string of the molecule is c1ccc(-c2cc3ccccc3cc2-n2c3ccccc3c3cc(-c4cc5c6c(c4)c4ccccc4n6-c4cc6ccccc6cc4-c4ccccc4-5)ccc32)cc1. The van der Waals surface area contributed by atoms with E-state index >= 15 is 0 Å². The second-order valence-corrected chi connectivity index (χ2v) is 15.7. The summed E-state index contributed by atoms with van der Waals surface area (Å²) >= 11 is 0. The summed E-state index contributed by atoms with van der Waals surface area (Å²) in [6.07, 6.45) is 0. The predicted molar refractivity (Wildman–Crippen MR) is 245 cm³/mol. The summed E-state index contributed by atoms with van der Waals surface area (Å²) in [5.74, 6) is 0. The lowest BCUT2D eigenvalue weighted by atomic mass is 9.90. The monoisotopic (exact) mass is 734 g/mol. The molecule has 2 aromatic heterocycles. The summed E-state index contributed by atoms with van der Waals surface area (Å²) in [5, 5.41) is 9.99. The van der Waals surface area contributed by atoms with Crippen LogP contribution in [-0.2, 0) is 0 Å². The topological polar surface area (TPSA) is 9.86 Å². The van der Waals surface area contributed by atoms with Crippen LogP contribution in [0.15, 0.2) is 206 Å². The van der Waals surface area contributed by atoms with E-state index in [2.05, 4.69) is 215 Å². The average Bonchev–Trinajstić information content (AvgIpc) is 3.76. The average molecular weight is 735 g/mol. The highest BCUT2D eigenvalue weighted by Crippen LogP contribution is 2.49. The molecule has 0 fully saturated rings. The van der Waals surface area contributed by atoms with E-state index in [1.165, 1.54) is 121 Å². The van der Waals surface area contributed by atoms with E-state index in [1.54, 1.807) is 0 Å². The number of rotatable bonds is 3. The summed E-state index contributed by atoms with van der Waals surface area (Å²) in [4.78, 5) is 0. The molecule has 0 spiro atoms. The van der Waals surface area contributed by atoms with Crippen molar-refractivity contribution in [2.45, 2.75) is 0 Å². The minimum absolute atomic E-state index is 1.18. The summed E-state index contributed by atoms with van der Waals surface area (Å²) < 4.78 is 5.00. The smallest absolute Gasteiger partial charge is 0.0620 e. The normalized spacial score (nSPS) is 12.1. The molecule has 13 rings (SSSR count). The van der Waals surface area contributed by atoms with Crippen molar-refractivity contribution in [2.24, 2.45) is 0 Å². The third kappa shape index (κ3) is 4.43. The van der Waals surface area contributed by atoms with Crippen molar-refractivity contribution in [3.63, 3.8) is 0 Å². The highest BCUT2D eigenvalue weighted by Gasteiger charge is 2.26. The molecule has 58 heavy (non-hydrogen) atoms. The van der Waals surface area contributed by atoms with Gasteiger partial charge < -0.3 is 9.13 Å². The molecule has 268 valence electrons. The molecule has 12 aromatic rings. The maximum absolute atomic E-state index is 2.52. The first-order chi connectivity index (χ1) is 28.8. The predicted octanol–water partition coefficient (Wildman–Crippen LogP) is 15.2. The van der Waals surface area contributed by atoms with Gasteiger partial charge in [0.2, 0.25) is 0 Å². The van der Waals surface area contributed by atoms with Crippen molar-refractivity contribution < 1.29 is 0 Å². The van der Waals surface area contributed by atoms with Crippen LogP contribution in [0.1, 0.15) is 0 Å². The van der Waals surface area contributed by atoms with Gasteiger partial charge in [-0.2, -0.15) is 0 Å². The molecule has 2 heteroatoms. The Morgan fingerprint density at radius 1 is 0.241 bits per heavy atom. The lowest BCUT2D eigenvalue weighted by Gasteiger charge is -2.16. The van der Waals surface area contributed by atoms with Crippen LogP contribution in [0.5, 0.6) is 0 Å². The van der Waals surface area contributed by atoms with E-state index in [0.717, 1.165) is 0 Å². The van der Waals surface area contributed by atoms with E-state index in [4.69, 9.17) is 0 Å². The Morgan fingerprint density at radius 2 is 0.741 bits per heavy atom. The van der Waals surface area contributed by atoms with E-state index in [0.29, 0.717) is 0 Å². The largest absolute Gasteiger partial charge is 0.309 e. The van der Waals surface area contributed by atoms with Gasteiger partial charge in [0.15, 0.2) is 0 Å². The van der Waals surface area contributed by atoms with E-state index in [9.17, 15) is 0 Å². The van der Waals surface area contributed by atoms with Gasteiger partial charge in [0.1, 0.15) is 0 Å². The summed E-state index contributed by atoms with van der Waals surface area (Å²) in [6.45, 7) is 0. The first kappa shape index (κ1) is 31.5. The maximum atomic E-state index is 2.52. The molecule has 2 nitrogen and oxygen atoms in total. The number of para-hydroxylation sites is 2. The molecule has 0 atom stereocenters. The van der Waals surface area contributed by atoms with Crippen LogP contribution < -0.4 is 0 Å². The Kier molecular flexibility index (Phi) is 6.47. The van der Waals surface area contributed by atoms with E-state index in [-0.39, 0.29) is 0 Å². The number of benzene rings is 10. The van der Waals surface area contributed by atoms with Crippen LogP contribution in [0.25, 0.3) is 121 Å². The number of fused-ring (bicyclic) bond motifs is 13. The molecule has 0 unspecified atom stereocenters. The van der Waals surface area contributed by atoms with Gasteiger partial charge in [0.25, 0.3) is 0 Å². The standard InChI is InChI=1S/C56H34N2/c1-2-14-35(15-3-1)46-28-36-16-4-6-18-38(36)33-54(46)57-51-24-12-10-22-44(51)48-30-40(26-27-53(48)57)41-31-49-43-21-9-8-20-42(43)47-29-37-17-5-7-19-39(37)34-55(47)58-52-25-13-11-23-45(52)50(32-41)56(49)58/h1-34H. The van der Waals surface area contributed by atoms with Crippen molar-refractivity contribution in [3.05, 3.63) is 206 Å². The number of aromatic nitrogens is 2. The fraction of sp³-hybridized carbons (Fsp3) is 0. The van der Waals surface area contributed by atoms with Crippen molar-refractivity contribution in [2.75, 3.05) is 0 Å². The van der Waals surface area contributed by atoms with Gasteiger partial charge in [0, 0.05) is 38.2 Å². The Bertz CT molecular complexity index is 3670. The molecular formula is C56H34N2. The number of hydrogen-bond donors (Lipinski definition) is 0. The molecule has 0 saturated carbocycles. The van der Waals surface area contributed by atoms with Gasteiger partial charge in [-0.05, 0) is 110 Å². The Hall–Kier alpha value is -7.68. The van der Waals surface area contributed by atoms with Crippen LogP contribution in [0.4, 0.5) is 0 Å². The van der Waals surface area contributed by atoms with Gasteiger partial charge in [0.05, 0.1) is 33.4 Å². The fourth-order valence-electron chi connectivity index (χ4n) is 9.98. The minimum Gasteiger partial charge on any atom is -0.309 e. The maximum Gasteiger partial charge on any atom is 0.0620 e. The lowest BCUT2D eigenvalue weighted by molar-refractivity contribution is 1.19. The van der Waals surface area contributed by atoms with Gasteiger partial charge >= 0.3 is 0 Å². The number of hydrogen-bond acceptors (Lipinski definition) is 0. The highest BCUT2D eigenvalue weighted by atomic mass is 15.0.